The van der Waals surface area contributed by atoms with Gasteiger partial charge in [0.2, 0.25) is 0 Å². The van der Waals surface area contributed by atoms with Crippen molar-refractivity contribution in [3.8, 4) is 5.75 Å². The maximum atomic E-state index is 5.41. The van der Waals surface area contributed by atoms with Crippen LogP contribution in [0.25, 0.3) is 0 Å². The molecule has 0 radical (unpaired) electrons. The molecule has 1 aliphatic carbocycles. The fraction of sp³-hybridized carbons (Fsp3) is 0.600. The first kappa shape index (κ1) is 15.2. The highest BCUT2D eigenvalue weighted by molar-refractivity contribution is 9.10. The Morgan fingerprint density at radius 2 is 2.26 bits per heavy atom. The first-order chi connectivity index (χ1) is 9.22. The second-order valence-electron chi connectivity index (χ2n) is 4.92. The smallest absolute Gasteiger partial charge is 0.123 e. The Morgan fingerprint density at radius 3 is 3.00 bits per heavy atom. The van der Waals surface area contributed by atoms with Crippen molar-refractivity contribution >= 4 is 27.7 Å². The number of nitrogens with one attached hydrogen (secondary N) is 1. The van der Waals surface area contributed by atoms with Crippen LogP contribution in [0, 0.1) is 0 Å². The lowest BCUT2D eigenvalue weighted by atomic mass is 10.1. The van der Waals surface area contributed by atoms with Gasteiger partial charge in [0, 0.05) is 27.9 Å². The first-order valence-electron chi connectivity index (χ1n) is 6.90. The van der Waals surface area contributed by atoms with Crippen LogP contribution in [-0.2, 0) is 6.54 Å². The maximum absolute atomic E-state index is 5.41. The van der Waals surface area contributed by atoms with Crippen LogP contribution in [0.3, 0.4) is 0 Å². The summed E-state index contributed by atoms with van der Waals surface area (Å²) in [6, 6.07) is 6.84. The van der Waals surface area contributed by atoms with Crippen molar-refractivity contribution in [2.24, 2.45) is 0 Å². The summed E-state index contributed by atoms with van der Waals surface area (Å²) in [7, 11) is 1.73. The van der Waals surface area contributed by atoms with Gasteiger partial charge in [0.05, 0.1) is 7.11 Å². The Kier molecular flexibility index (Phi) is 6.05. The molecule has 106 valence electrons. The Hall–Kier alpha value is -0.190. The van der Waals surface area contributed by atoms with Crippen molar-refractivity contribution < 1.29 is 4.74 Å². The Labute approximate surface area is 128 Å². The number of hydrogen-bond donors (Lipinski definition) is 1. The molecule has 1 aromatic carbocycles. The summed E-state index contributed by atoms with van der Waals surface area (Å²) >= 11 is 5.62. The topological polar surface area (TPSA) is 21.3 Å². The van der Waals surface area contributed by atoms with E-state index in [2.05, 4.69) is 46.0 Å². The van der Waals surface area contributed by atoms with Crippen LogP contribution in [0.1, 0.15) is 31.7 Å². The second kappa shape index (κ2) is 7.55. The third-order valence-electron chi connectivity index (χ3n) is 3.61. The van der Waals surface area contributed by atoms with Crippen molar-refractivity contribution in [1.82, 2.24) is 5.32 Å². The van der Waals surface area contributed by atoms with Gasteiger partial charge in [-0.25, -0.2) is 0 Å². The van der Waals surface area contributed by atoms with Gasteiger partial charge >= 0.3 is 0 Å². The molecule has 2 rings (SSSR count). The number of hydrogen-bond acceptors (Lipinski definition) is 3. The van der Waals surface area contributed by atoms with Crippen molar-refractivity contribution in [2.45, 2.75) is 44.0 Å². The third-order valence-corrected chi connectivity index (χ3v) is 5.34. The molecule has 0 spiro atoms. The molecule has 0 aliphatic heterocycles. The molecule has 1 saturated carbocycles. The summed E-state index contributed by atoms with van der Waals surface area (Å²) in [5, 5.41) is 4.53. The molecule has 0 amide bonds. The van der Waals surface area contributed by atoms with Crippen molar-refractivity contribution in [1.29, 1.82) is 0 Å². The van der Waals surface area contributed by atoms with E-state index in [1.165, 1.54) is 30.6 Å². The minimum Gasteiger partial charge on any atom is -0.496 e. The van der Waals surface area contributed by atoms with Crippen LogP contribution in [0.5, 0.6) is 5.75 Å². The summed E-state index contributed by atoms with van der Waals surface area (Å²) in [4.78, 5) is 0. The van der Waals surface area contributed by atoms with E-state index in [-0.39, 0.29) is 0 Å². The number of ether oxygens (including phenoxy) is 1. The molecular weight excluding hydrogens is 322 g/mol. The Morgan fingerprint density at radius 1 is 1.42 bits per heavy atom. The predicted octanol–water partition coefficient (Wildman–Crippen LogP) is 4.22. The van der Waals surface area contributed by atoms with Gasteiger partial charge in [-0.05, 0) is 43.2 Å². The van der Waals surface area contributed by atoms with Crippen LogP contribution < -0.4 is 10.1 Å². The lowest BCUT2D eigenvalue weighted by molar-refractivity contribution is 0.405. The zero-order valence-electron chi connectivity index (χ0n) is 11.6. The number of methoxy groups -OCH3 is 1. The standard InChI is InChI=1S/C15H22BrNOS/c1-3-19-14-6-5-13(9-14)17-10-11-8-12(16)4-7-15(11)18-2/h4,7-8,13-14,17H,3,5-6,9-10H2,1-2H3. The number of halogens is 1. The molecule has 0 heterocycles. The molecule has 1 fully saturated rings. The molecule has 0 saturated heterocycles. The van der Waals surface area contributed by atoms with E-state index >= 15 is 0 Å². The monoisotopic (exact) mass is 343 g/mol. The van der Waals surface area contributed by atoms with Gasteiger partial charge in [0.15, 0.2) is 0 Å². The van der Waals surface area contributed by atoms with E-state index in [1.807, 2.05) is 12.1 Å². The van der Waals surface area contributed by atoms with Crippen LogP contribution in [0.4, 0.5) is 0 Å². The van der Waals surface area contributed by atoms with Crippen molar-refractivity contribution in [3.63, 3.8) is 0 Å². The van der Waals surface area contributed by atoms with E-state index in [9.17, 15) is 0 Å². The summed E-state index contributed by atoms with van der Waals surface area (Å²) in [6.07, 6.45) is 3.95. The molecule has 2 nitrogen and oxygen atoms in total. The highest BCUT2D eigenvalue weighted by Crippen LogP contribution is 2.30. The highest BCUT2D eigenvalue weighted by Gasteiger charge is 2.24. The van der Waals surface area contributed by atoms with Gasteiger partial charge in [-0.2, -0.15) is 11.8 Å². The normalized spacial score (nSPS) is 22.7. The molecule has 0 aromatic heterocycles. The van der Waals surface area contributed by atoms with Gasteiger partial charge in [0.25, 0.3) is 0 Å². The quantitative estimate of drug-likeness (QED) is 0.835. The van der Waals surface area contributed by atoms with Gasteiger partial charge < -0.3 is 10.1 Å². The molecule has 0 bridgehead atoms. The number of thioether (sulfide) groups is 1. The van der Waals surface area contributed by atoms with Crippen LogP contribution >= 0.6 is 27.7 Å². The average molecular weight is 344 g/mol. The molecule has 19 heavy (non-hydrogen) atoms. The first-order valence-corrected chi connectivity index (χ1v) is 8.74. The van der Waals surface area contributed by atoms with E-state index in [0.717, 1.165) is 22.0 Å². The number of rotatable bonds is 6. The summed E-state index contributed by atoms with van der Waals surface area (Å²) < 4.78 is 6.52. The SMILES string of the molecule is CCSC1CCC(NCc2cc(Br)ccc2OC)C1. The number of benzene rings is 1. The van der Waals surface area contributed by atoms with E-state index in [4.69, 9.17) is 4.74 Å². The van der Waals surface area contributed by atoms with E-state index in [1.54, 1.807) is 7.11 Å². The summed E-state index contributed by atoms with van der Waals surface area (Å²) in [5.74, 6) is 2.20. The van der Waals surface area contributed by atoms with Gasteiger partial charge in [-0.1, -0.05) is 22.9 Å². The van der Waals surface area contributed by atoms with Crippen LogP contribution in [-0.4, -0.2) is 24.2 Å². The third kappa shape index (κ3) is 4.40. The molecule has 2 unspecified atom stereocenters. The van der Waals surface area contributed by atoms with Crippen LogP contribution in [0.2, 0.25) is 0 Å². The molecule has 1 aliphatic rings. The van der Waals surface area contributed by atoms with Crippen molar-refractivity contribution in [3.05, 3.63) is 28.2 Å². The molecule has 1 N–H and O–H groups in total. The van der Waals surface area contributed by atoms with Crippen molar-refractivity contribution in [2.75, 3.05) is 12.9 Å². The minimum absolute atomic E-state index is 0.660. The summed E-state index contributed by atoms with van der Waals surface area (Å²) in [5.41, 5.74) is 1.23. The maximum Gasteiger partial charge on any atom is 0.123 e. The lowest BCUT2D eigenvalue weighted by Crippen LogP contribution is -2.26. The Bertz CT molecular complexity index is 413. The highest BCUT2D eigenvalue weighted by atomic mass is 79.9. The van der Waals surface area contributed by atoms with Gasteiger partial charge in [-0.15, -0.1) is 0 Å². The lowest BCUT2D eigenvalue weighted by Gasteiger charge is -2.15. The Balaban J connectivity index is 1.87. The summed E-state index contributed by atoms with van der Waals surface area (Å²) in [6.45, 7) is 3.13. The zero-order valence-corrected chi connectivity index (χ0v) is 14.0. The molecule has 2 atom stereocenters. The fourth-order valence-electron chi connectivity index (χ4n) is 2.65. The van der Waals surface area contributed by atoms with E-state index < -0.39 is 0 Å². The minimum atomic E-state index is 0.660. The molecule has 4 heteroatoms. The molecular formula is C15H22BrNOS. The van der Waals surface area contributed by atoms with Crippen LogP contribution in [0.15, 0.2) is 22.7 Å². The molecule has 1 aromatic rings. The van der Waals surface area contributed by atoms with E-state index in [0.29, 0.717) is 6.04 Å². The van der Waals surface area contributed by atoms with Gasteiger partial charge in [0.1, 0.15) is 5.75 Å². The van der Waals surface area contributed by atoms with Gasteiger partial charge in [-0.3, -0.25) is 0 Å². The fourth-order valence-corrected chi connectivity index (χ4v) is 4.20. The predicted molar refractivity (Wildman–Crippen MR) is 87.1 cm³/mol. The zero-order chi connectivity index (χ0) is 13.7. The second-order valence-corrected chi connectivity index (χ2v) is 7.42. The average Bonchev–Trinajstić information content (AvgIpc) is 2.85. The largest absolute Gasteiger partial charge is 0.496 e.